The van der Waals surface area contributed by atoms with Crippen LogP contribution in [0.2, 0.25) is 0 Å². The molecule has 1 saturated heterocycles. The van der Waals surface area contributed by atoms with Crippen LogP contribution in [-0.2, 0) is 9.59 Å². The maximum atomic E-state index is 12.3. The normalized spacial score (nSPS) is 17.7. The minimum absolute atomic E-state index is 0.0274. The van der Waals surface area contributed by atoms with Crippen LogP contribution in [0.5, 0.6) is 5.75 Å². The van der Waals surface area contributed by atoms with Gasteiger partial charge in [0.25, 0.3) is 0 Å². The van der Waals surface area contributed by atoms with E-state index in [0.717, 1.165) is 18.5 Å². The lowest BCUT2D eigenvalue weighted by atomic mass is 10.1. The van der Waals surface area contributed by atoms with Gasteiger partial charge in [-0.25, -0.2) is 0 Å². The Kier molecular flexibility index (Phi) is 6.02. The van der Waals surface area contributed by atoms with Gasteiger partial charge in [-0.15, -0.1) is 0 Å². The summed E-state index contributed by atoms with van der Waals surface area (Å²) < 4.78 is 5.79. The molecule has 0 aromatic heterocycles. The molecule has 1 aliphatic rings. The lowest BCUT2D eigenvalue weighted by molar-refractivity contribution is -0.126. The summed E-state index contributed by atoms with van der Waals surface area (Å²) >= 11 is 0. The van der Waals surface area contributed by atoms with Crippen LogP contribution in [0.4, 0.5) is 5.69 Å². The van der Waals surface area contributed by atoms with E-state index in [4.69, 9.17) is 4.74 Å². The number of hydrogen-bond acceptors (Lipinski definition) is 3. The number of unbranched alkanes of at least 4 members (excludes halogenated alkanes) is 1. The molecule has 1 aromatic rings. The summed E-state index contributed by atoms with van der Waals surface area (Å²) in [6.07, 6.45) is 2.28. The molecule has 2 rings (SSSR count). The Morgan fingerprint density at radius 3 is 2.83 bits per heavy atom. The van der Waals surface area contributed by atoms with E-state index in [-0.39, 0.29) is 30.3 Å². The minimum Gasteiger partial charge on any atom is -0.489 e. The number of nitrogens with one attached hydrogen (secondary N) is 1. The molecule has 5 heteroatoms. The van der Waals surface area contributed by atoms with Gasteiger partial charge in [-0.2, -0.15) is 0 Å². The average Bonchev–Trinajstić information content (AvgIpc) is 2.89. The maximum Gasteiger partial charge on any atom is 0.227 e. The summed E-state index contributed by atoms with van der Waals surface area (Å²) in [7, 11) is 0. The van der Waals surface area contributed by atoms with Gasteiger partial charge in [0.1, 0.15) is 5.75 Å². The zero-order valence-electron chi connectivity index (χ0n) is 14.2. The number of carbonyl (C=O) groups excluding carboxylic acids is 2. The number of benzene rings is 1. The van der Waals surface area contributed by atoms with Crippen molar-refractivity contribution in [2.45, 2.75) is 46.1 Å². The number of nitrogens with zero attached hydrogens (tertiary/aromatic N) is 1. The SMILES string of the molecule is CCCCNC(=O)C1CC(=O)N(c2ccccc2OC(C)C)C1. The van der Waals surface area contributed by atoms with Gasteiger partial charge < -0.3 is 15.0 Å². The summed E-state index contributed by atoms with van der Waals surface area (Å²) in [5.41, 5.74) is 0.745. The average molecular weight is 318 g/mol. The molecule has 1 atom stereocenters. The number of ether oxygens (including phenoxy) is 1. The first-order chi connectivity index (χ1) is 11.0. The lowest BCUT2D eigenvalue weighted by Gasteiger charge is -2.21. The highest BCUT2D eigenvalue weighted by molar-refractivity contribution is 6.01. The first-order valence-corrected chi connectivity index (χ1v) is 8.36. The smallest absolute Gasteiger partial charge is 0.227 e. The van der Waals surface area contributed by atoms with Crippen LogP contribution >= 0.6 is 0 Å². The molecule has 0 radical (unpaired) electrons. The molecule has 126 valence electrons. The van der Waals surface area contributed by atoms with Crippen molar-refractivity contribution in [3.8, 4) is 5.75 Å². The van der Waals surface area contributed by atoms with Gasteiger partial charge in [0.2, 0.25) is 11.8 Å². The van der Waals surface area contributed by atoms with Gasteiger partial charge in [-0.3, -0.25) is 9.59 Å². The topological polar surface area (TPSA) is 58.6 Å². The van der Waals surface area contributed by atoms with E-state index in [1.165, 1.54) is 0 Å². The number of carbonyl (C=O) groups is 2. The van der Waals surface area contributed by atoms with Gasteiger partial charge in [-0.05, 0) is 32.4 Å². The third-order valence-electron chi connectivity index (χ3n) is 3.84. The predicted octanol–water partition coefficient (Wildman–Crippen LogP) is 2.74. The van der Waals surface area contributed by atoms with Crippen molar-refractivity contribution >= 4 is 17.5 Å². The van der Waals surface area contributed by atoms with Crippen molar-refractivity contribution in [3.63, 3.8) is 0 Å². The third-order valence-corrected chi connectivity index (χ3v) is 3.84. The zero-order chi connectivity index (χ0) is 16.8. The second-order valence-electron chi connectivity index (χ2n) is 6.18. The van der Waals surface area contributed by atoms with Crippen molar-refractivity contribution in [3.05, 3.63) is 24.3 Å². The maximum absolute atomic E-state index is 12.3. The van der Waals surface area contributed by atoms with Gasteiger partial charge >= 0.3 is 0 Å². The molecule has 0 bridgehead atoms. The highest BCUT2D eigenvalue weighted by Crippen LogP contribution is 2.33. The first kappa shape index (κ1) is 17.3. The Labute approximate surface area is 138 Å². The number of amides is 2. The van der Waals surface area contributed by atoms with Crippen LogP contribution < -0.4 is 15.0 Å². The molecule has 1 fully saturated rings. The Morgan fingerprint density at radius 1 is 1.39 bits per heavy atom. The summed E-state index contributed by atoms with van der Waals surface area (Å²) in [5.74, 6) is 0.339. The van der Waals surface area contributed by atoms with Crippen LogP contribution in [0.3, 0.4) is 0 Å². The van der Waals surface area contributed by atoms with Crippen LogP contribution in [0.25, 0.3) is 0 Å². The number of anilines is 1. The second kappa shape index (κ2) is 7.99. The molecule has 2 amide bonds. The van der Waals surface area contributed by atoms with Crippen LogP contribution in [0.15, 0.2) is 24.3 Å². The van der Waals surface area contributed by atoms with Gasteiger partial charge in [0.05, 0.1) is 17.7 Å². The van der Waals surface area contributed by atoms with Crippen molar-refractivity contribution in [2.75, 3.05) is 18.0 Å². The molecule has 1 heterocycles. The van der Waals surface area contributed by atoms with E-state index in [1.807, 2.05) is 38.1 Å². The molecule has 5 nitrogen and oxygen atoms in total. The molecule has 23 heavy (non-hydrogen) atoms. The zero-order valence-corrected chi connectivity index (χ0v) is 14.2. The summed E-state index contributed by atoms with van der Waals surface area (Å²) in [6, 6.07) is 7.49. The van der Waals surface area contributed by atoms with E-state index < -0.39 is 0 Å². The summed E-state index contributed by atoms with van der Waals surface area (Å²) in [4.78, 5) is 26.2. The van der Waals surface area contributed by atoms with E-state index in [0.29, 0.717) is 18.8 Å². The molecule has 1 aromatic carbocycles. The van der Waals surface area contributed by atoms with Gasteiger partial charge in [0.15, 0.2) is 0 Å². The summed E-state index contributed by atoms with van der Waals surface area (Å²) in [6.45, 7) is 7.07. The highest BCUT2D eigenvalue weighted by atomic mass is 16.5. The van der Waals surface area contributed by atoms with Gasteiger partial charge in [0, 0.05) is 19.5 Å². The largest absolute Gasteiger partial charge is 0.489 e. The predicted molar refractivity (Wildman–Crippen MR) is 90.6 cm³/mol. The van der Waals surface area contributed by atoms with E-state index in [1.54, 1.807) is 4.90 Å². The number of para-hydroxylation sites is 2. The first-order valence-electron chi connectivity index (χ1n) is 8.36. The quantitative estimate of drug-likeness (QED) is 0.787. The standard InChI is InChI=1S/C18H26N2O3/c1-4-5-10-19-18(22)14-11-17(21)20(12-14)15-8-6-7-9-16(15)23-13(2)3/h6-9,13-14H,4-5,10-12H2,1-3H3,(H,19,22). The fourth-order valence-electron chi connectivity index (χ4n) is 2.68. The van der Waals surface area contributed by atoms with Crippen molar-refractivity contribution in [1.82, 2.24) is 5.32 Å². The van der Waals surface area contributed by atoms with Crippen LogP contribution in [0, 0.1) is 5.92 Å². The van der Waals surface area contributed by atoms with Crippen LogP contribution in [-0.4, -0.2) is 31.0 Å². The summed E-state index contributed by atoms with van der Waals surface area (Å²) in [5, 5.41) is 2.92. The Bertz CT molecular complexity index is 557. The minimum atomic E-state index is -0.286. The fourth-order valence-corrected chi connectivity index (χ4v) is 2.68. The van der Waals surface area contributed by atoms with E-state index in [9.17, 15) is 9.59 Å². The number of hydrogen-bond donors (Lipinski definition) is 1. The van der Waals surface area contributed by atoms with Crippen molar-refractivity contribution in [2.24, 2.45) is 5.92 Å². The molecule has 1 N–H and O–H groups in total. The molecule has 0 spiro atoms. The molecular weight excluding hydrogens is 292 g/mol. The Balaban J connectivity index is 2.07. The monoisotopic (exact) mass is 318 g/mol. The van der Waals surface area contributed by atoms with Gasteiger partial charge in [-0.1, -0.05) is 25.5 Å². The molecular formula is C18H26N2O3. The van der Waals surface area contributed by atoms with E-state index in [2.05, 4.69) is 12.2 Å². The van der Waals surface area contributed by atoms with E-state index >= 15 is 0 Å². The Morgan fingerprint density at radius 2 is 2.13 bits per heavy atom. The molecule has 0 saturated carbocycles. The van der Waals surface area contributed by atoms with Crippen LogP contribution in [0.1, 0.15) is 40.0 Å². The van der Waals surface area contributed by atoms with Crippen molar-refractivity contribution in [1.29, 1.82) is 0 Å². The number of rotatable bonds is 7. The second-order valence-corrected chi connectivity index (χ2v) is 6.18. The highest BCUT2D eigenvalue weighted by Gasteiger charge is 2.36. The molecule has 1 aliphatic heterocycles. The molecule has 0 aliphatic carbocycles. The molecule has 1 unspecified atom stereocenters. The fraction of sp³-hybridized carbons (Fsp3) is 0.556. The lowest BCUT2D eigenvalue weighted by Crippen LogP contribution is -2.33. The van der Waals surface area contributed by atoms with Crippen molar-refractivity contribution < 1.29 is 14.3 Å². The Hall–Kier alpha value is -2.04. The third kappa shape index (κ3) is 4.47.